The number of hydrogen-bond acceptors (Lipinski definition) is 4. The number of fused-ring (bicyclic) bond motifs is 1. The summed E-state index contributed by atoms with van der Waals surface area (Å²) in [5.74, 6) is -0.922. The van der Waals surface area contributed by atoms with Crippen LogP contribution in [0.15, 0.2) is 34.4 Å². The molecule has 0 atom stereocenters. The van der Waals surface area contributed by atoms with Gasteiger partial charge < -0.3 is 5.11 Å². The van der Waals surface area contributed by atoms with E-state index in [1.807, 2.05) is 6.92 Å². The molecule has 118 valence electrons. The van der Waals surface area contributed by atoms with E-state index >= 15 is 0 Å². The Morgan fingerprint density at radius 1 is 1.35 bits per heavy atom. The quantitative estimate of drug-likeness (QED) is 0.797. The summed E-state index contributed by atoms with van der Waals surface area (Å²) in [7, 11) is 0. The van der Waals surface area contributed by atoms with E-state index < -0.39 is 5.97 Å². The number of hydrogen-bond donors (Lipinski definition) is 1. The van der Waals surface area contributed by atoms with Crippen LogP contribution in [0.4, 0.5) is 4.39 Å². The van der Waals surface area contributed by atoms with Crippen molar-refractivity contribution in [1.29, 1.82) is 0 Å². The number of aryl methyl sites for hydroxylation is 1. The SMILES string of the molecule is CCc1nc2scc(C(=O)O)c2c(=O)n1Cc1ccc(F)cc1. The molecule has 3 aromatic rings. The molecule has 1 aromatic carbocycles. The molecule has 0 aliphatic carbocycles. The maximum absolute atomic E-state index is 13.0. The third-order valence-electron chi connectivity index (χ3n) is 3.57. The Labute approximate surface area is 134 Å². The van der Waals surface area contributed by atoms with E-state index in [0.29, 0.717) is 17.1 Å². The predicted molar refractivity (Wildman–Crippen MR) is 85.7 cm³/mol. The van der Waals surface area contributed by atoms with E-state index in [0.717, 1.165) is 16.9 Å². The molecule has 2 heterocycles. The van der Waals surface area contributed by atoms with Crippen LogP contribution >= 0.6 is 11.3 Å². The first-order valence-corrected chi connectivity index (χ1v) is 7.88. The first kappa shape index (κ1) is 15.4. The highest BCUT2D eigenvalue weighted by atomic mass is 32.1. The summed E-state index contributed by atoms with van der Waals surface area (Å²) in [6.45, 7) is 2.10. The predicted octanol–water partition coefficient (Wildman–Crippen LogP) is 2.91. The van der Waals surface area contributed by atoms with Crippen LogP contribution in [0, 0.1) is 5.82 Å². The lowest BCUT2D eigenvalue weighted by Gasteiger charge is -2.11. The molecule has 2 aromatic heterocycles. The largest absolute Gasteiger partial charge is 0.478 e. The van der Waals surface area contributed by atoms with Crippen molar-refractivity contribution in [2.45, 2.75) is 19.9 Å². The fraction of sp³-hybridized carbons (Fsp3) is 0.188. The lowest BCUT2D eigenvalue weighted by Crippen LogP contribution is -2.26. The molecule has 5 nitrogen and oxygen atoms in total. The zero-order valence-corrected chi connectivity index (χ0v) is 13.1. The smallest absolute Gasteiger partial charge is 0.337 e. The number of nitrogens with zero attached hydrogens (tertiary/aromatic N) is 2. The lowest BCUT2D eigenvalue weighted by atomic mass is 10.2. The Morgan fingerprint density at radius 2 is 2.04 bits per heavy atom. The normalized spacial score (nSPS) is 11.0. The Kier molecular flexibility index (Phi) is 3.96. The maximum Gasteiger partial charge on any atom is 0.337 e. The zero-order chi connectivity index (χ0) is 16.6. The number of aromatic nitrogens is 2. The van der Waals surface area contributed by atoms with Gasteiger partial charge in [0.1, 0.15) is 16.5 Å². The van der Waals surface area contributed by atoms with Crippen molar-refractivity contribution in [2.24, 2.45) is 0 Å². The van der Waals surface area contributed by atoms with Crippen LogP contribution in [0.2, 0.25) is 0 Å². The van der Waals surface area contributed by atoms with Crippen LogP contribution in [-0.4, -0.2) is 20.6 Å². The number of aromatic carboxylic acids is 1. The van der Waals surface area contributed by atoms with Crippen LogP contribution in [0.25, 0.3) is 10.2 Å². The standard InChI is InChI=1S/C16H13FN2O3S/c1-2-12-18-14-13(11(8-23-14)16(21)22)15(20)19(12)7-9-3-5-10(17)6-4-9/h3-6,8H,2,7H2,1H3,(H,21,22). The number of benzene rings is 1. The number of carboxylic acid groups (broad SMARTS) is 1. The summed E-state index contributed by atoms with van der Waals surface area (Å²) < 4.78 is 14.5. The monoisotopic (exact) mass is 332 g/mol. The van der Waals surface area contributed by atoms with Gasteiger partial charge in [-0.2, -0.15) is 0 Å². The van der Waals surface area contributed by atoms with E-state index in [1.54, 1.807) is 12.1 Å². The van der Waals surface area contributed by atoms with Gasteiger partial charge in [0.25, 0.3) is 5.56 Å². The van der Waals surface area contributed by atoms with Crippen LogP contribution in [0.1, 0.15) is 28.7 Å². The van der Waals surface area contributed by atoms with Crippen LogP contribution in [0.3, 0.4) is 0 Å². The Balaban J connectivity index is 2.19. The molecule has 0 aliphatic heterocycles. The van der Waals surface area contributed by atoms with Gasteiger partial charge in [0.05, 0.1) is 17.5 Å². The maximum atomic E-state index is 13.0. The lowest BCUT2D eigenvalue weighted by molar-refractivity contribution is 0.0699. The molecule has 0 saturated heterocycles. The number of halogens is 1. The molecule has 0 spiro atoms. The number of thiophene rings is 1. The minimum absolute atomic E-state index is 0.0296. The molecule has 1 N–H and O–H groups in total. The van der Waals surface area contributed by atoms with Gasteiger partial charge in [-0.15, -0.1) is 11.3 Å². The number of carboxylic acids is 1. The average Bonchev–Trinajstić information content (AvgIpc) is 2.96. The van der Waals surface area contributed by atoms with Crippen LogP contribution in [-0.2, 0) is 13.0 Å². The molecule has 23 heavy (non-hydrogen) atoms. The van der Waals surface area contributed by atoms with Gasteiger partial charge >= 0.3 is 5.97 Å². The molecular weight excluding hydrogens is 319 g/mol. The van der Waals surface area contributed by atoms with Gasteiger partial charge in [0.15, 0.2) is 0 Å². The van der Waals surface area contributed by atoms with Gasteiger partial charge in [-0.1, -0.05) is 19.1 Å². The average molecular weight is 332 g/mol. The van der Waals surface area contributed by atoms with Crippen molar-refractivity contribution in [3.8, 4) is 0 Å². The number of rotatable bonds is 4. The molecule has 0 amide bonds. The van der Waals surface area contributed by atoms with E-state index in [-0.39, 0.29) is 28.9 Å². The molecule has 7 heteroatoms. The second kappa shape index (κ2) is 5.92. The fourth-order valence-electron chi connectivity index (χ4n) is 2.43. The fourth-order valence-corrected chi connectivity index (χ4v) is 3.35. The van der Waals surface area contributed by atoms with Crippen molar-refractivity contribution in [3.05, 3.63) is 62.8 Å². The number of carbonyl (C=O) groups is 1. The molecule has 0 saturated carbocycles. The summed E-state index contributed by atoms with van der Waals surface area (Å²) in [5.41, 5.74) is 0.337. The molecule has 3 rings (SSSR count). The molecular formula is C16H13FN2O3S. The Morgan fingerprint density at radius 3 is 2.65 bits per heavy atom. The third kappa shape index (κ3) is 2.75. The van der Waals surface area contributed by atoms with Gasteiger partial charge in [-0.3, -0.25) is 9.36 Å². The second-order valence-corrected chi connectivity index (χ2v) is 5.89. The van der Waals surface area contributed by atoms with Crippen molar-refractivity contribution in [1.82, 2.24) is 9.55 Å². The highest BCUT2D eigenvalue weighted by Crippen LogP contribution is 2.22. The zero-order valence-electron chi connectivity index (χ0n) is 12.2. The summed E-state index contributed by atoms with van der Waals surface area (Å²) in [5, 5.41) is 10.8. The molecule has 0 unspecified atom stereocenters. The van der Waals surface area contributed by atoms with Gasteiger partial charge in [0, 0.05) is 11.8 Å². The van der Waals surface area contributed by atoms with E-state index in [1.165, 1.54) is 22.1 Å². The summed E-state index contributed by atoms with van der Waals surface area (Å²) >= 11 is 1.15. The van der Waals surface area contributed by atoms with Crippen LogP contribution < -0.4 is 5.56 Å². The first-order valence-electron chi connectivity index (χ1n) is 7.00. The highest BCUT2D eigenvalue weighted by Gasteiger charge is 2.19. The summed E-state index contributed by atoms with van der Waals surface area (Å²) in [4.78, 5) is 28.9. The molecule has 0 aliphatic rings. The summed E-state index contributed by atoms with van der Waals surface area (Å²) in [6, 6.07) is 5.84. The second-order valence-electron chi connectivity index (χ2n) is 5.03. The minimum atomic E-state index is -1.15. The van der Waals surface area contributed by atoms with Crippen molar-refractivity contribution in [2.75, 3.05) is 0 Å². The van der Waals surface area contributed by atoms with Crippen LogP contribution in [0.5, 0.6) is 0 Å². The molecule has 0 fully saturated rings. The first-order chi connectivity index (χ1) is 11.0. The van der Waals surface area contributed by atoms with Crippen molar-refractivity contribution in [3.63, 3.8) is 0 Å². The molecule has 0 bridgehead atoms. The van der Waals surface area contributed by atoms with E-state index in [4.69, 9.17) is 0 Å². The summed E-state index contributed by atoms with van der Waals surface area (Å²) in [6.07, 6.45) is 0.534. The van der Waals surface area contributed by atoms with Crippen molar-refractivity contribution < 1.29 is 14.3 Å². The van der Waals surface area contributed by atoms with Gasteiger partial charge in [0.2, 0.25) is 0 Å². The van der Waals surface area contributed by atoms with Crippen molar-refractivity contribution >= 4 is 27.5 Å². The van der Waals surface area contributed by atoms with E-state index in [9.17, 15) is 19.1 Å². The topological polar surface area (TPSA) is 72.2 Å². The van der Waals surface area contributed by atoms with Gasteiger partial charge in [-0.25, -0.2) is 14.2 Å². The third-order valence-corrected chi connectivity index (χ3v) is 4.45. The Hall–Kier alpha value is -2.54. The Bertz CT molecular complexity index is 944. The molecule has 0 radical (unpaired) electrons. The minimum Gasteiger partial charge on any atom is -0.478 e. The van der Waals surface area contributed by atoms with Gasteiger partial charge in [-0.05, 0) is 17.7 Å². The van der Waals surface area contributed by atoms with E-state index in [2.05, 4.69) is 4.98 Å². The highest BCUT2D eigenvalue weighted by molar-refractivity contribution is 7.17.